The lowest BCUT2D eigenvalue weighted by atomic mass is 9.79. The van der Waals surface area contributed by atoms with E-state index in [0.29, 0.717) is 24.4 Å². The summed E-state index contributed by atoms with van der Waals surface area (Å²) < 4.78 is 11.7. The van der Waals surface area contributed by atoms with Gasteiger partial charge in [-0.1, -0.05) is 0 Å². The van der Waals surface area contributed by atoms with Crippen LogP contribution in [0.3, 0.4) is 0 Å². The van der Waals surface area contributed by atoms with Crippen molar-refractivity contribution >= 4 is 0 Å². The van der Waals surface area contributed by atoms with Crippen molar-refractivity contribution in [2.24, 2.45) is 5.92 Å². The fourth-order valence-corrected chi connectivity index (χ4v) is 3.35. The number of likely N-dealkylation sites (tertiary alicyclic amines) is 1. The topological polar surface area (TPSA) is 47.5 Å². The van der Waals surface area contributed by atoms with Crippen molar-refractivity contribution in [2.75, 3.05) is 26.3 Å². The van der Waals surface area contributed by atoms with E-state index in [-0.39, 0.29) is 5.60 Å². The van der Waals surface area contributed by atoms with Gasteiger partial charge in [-0.25, -0.2) is 4.98 Å². The summed E-state index contributed by atoms with van der Waals surface area (Å²) in [7, 11) is 0. The number of nitrogens with zero attached hydrogens (tertiary/aromatic N) is 3. The highest BCUT2D eigenvalue weighted by Crippen LogP contribution is 2.38. The minimum absolute atomic E-state index is 0.125. The van der Waals surface area contributed by atoms with Crippen LogP contribution in [0, 0.1) is 5.92 Å². The standard InChI is InChI=1S/C16H25N3O2/c1-13(2)19-11-16(12-19)9-14(4-8-21-16)3-7-20-15-10-17-5-6-18-15/h5-6,10,13-14H,3-4,7-9,11-12H2,1-2H3/t14-/m0/s1. The Morgan fingerprint density at radius 3 is 3.00 bits per heavy atom. The number of hydrogen-bond donors (Lipinski definition) is 0. The molecule has 2 aliphatic rings. The average molecular weight is 291 g/mol. The van der Waals surface area contributed by atoms with Gasteiger partial charge in [-0.3, -0.25) is 9.88 Å². The molecule has 1 atom stereocenters. The Bertz CT molecular complexity index is 446. The monoisotopic (exact) mass is 291 g/mol. The smallest absolute Gasteiger partial charge is 0.232 e. The highest BCUT2D eigenvalue weighted by Gasteiger charge is 2.47. The largest absolute Gasteiger partial charge is 0.477 e. The fraction of sp³-hybridized carbons (Fsp3) is 0.750. The third kappa shape index (κ3) is 3.52. The van der Waals surface area contributed by atoms with Crippen molar-refractivity contribution in [1.29, 1.82) is 0 Å². The number of rotatable bonds is 5. The predicted molar refractivity (Wildman–Crippen MR) is 80.3 cm³/mol. The first kappa shape index (κ1) is 14.7. The maximum Gasteiger partial charge on any atom is 0.232 e. The van der Waals surface area contributed by atoms with Gasteiger partial charge in [-0.05, 0) is 39.0 Å². The van der Waals surface area contributed by atoms with Crippen LogP contribution in [0.1, 0.15) is 33.1 Å². The quantitative estimate of drug-likeness (QED) is 0.832. The lowest BCUT2D eigenvalue weighted by molar-refractivity contribution is -0.186. The zero-order chi connectivity index (χ0) is 14.7. The predicted octanol–water partition coefficient (Wildman–Crippen LogP) is 2.13. The zero-order valence-corrected chi connectivity index (χ0v) is 13.0. The van der Waals surface area contributed by atoms with Crippen molar-refractivity contribution in [3.8, 4) is 5.88 Å². The second kappa shape index (κ2) is 6.28. The summed E-state index contributed by atoms with van der Waals surface area (Å²) in [6, 6.07) is 0.625. The molecule has 1 aromatic rings. The number of hydrogen-bond acceptors (Lipinski definition) is 5. The van der Waals surface area contributed by atoms with Gasteiger partial charge in [0.25, 0.3) is 0 Å². The molecule has 0 bridgehead atoms. The molecule has 0 N–H and O–H groups in total. The molecule has 0 amide bonds. The van der Waals surface area contributed by atoms with Crippen LogP contribution in [-0.2, 0) is 4.74 Å². The summed E-state index contributed by atoms with van der Waals surface area (Å²) in [4.78, 5) is 10.6. The van der Waals surface area contributed by atoms with Crippen molar-refractivity contribution in [3.63, 3.8) is 0 Å². The molecule has 0 unspecified atom stereocenters. The molecule has 2 aliphatic heterocycles. The summed E-state index contributed by atoms with van der Waals surface area (Å²) in [5.41, 5.74) is 0.125. The molecule has 2 fully saturated rings. The van der Waals surface area contributed by atoms with E-state index in [9.17, 15) is 0 Å². The molecule has 0 radical (unpaired) electrons. The van der Waals surface area contributed by atoms with Crippen LogP contribution in [0.25, 0.3) is 0 Å². The highest BCUT2D eigenvalue weighted by atomic mass is 16.5. The van der Waals surface area contributed by atoms with E-state index in [4.69, 9.17) is 9.47 Å². The molecule has 0 saturated carbocycles. The SMILES string of the molecule is CC(C)N1CC2(C[C@@H](CCOc3cnccn3)CCO2)C1. The summed E-state index contributed by atoms with van der Waals surface area (Å²) in [6.45, 7) is 8.29. The van der Waals surface area contributed by atoms with Crippen LogP contribution in [-0.4, -0.2) is 52.8 Å². The summed E-state index contributed by atoms with van der Waals surface area (Å²) in [6.07, 6.45) is 8.37. The fourth-order valence-electron chi connectivity index (χ4n) is 3.35. The first-order valence-electron chi connectivity index (χ1n) is 7.94. The molecule has 5 nitrogen and oxygen atoms in total. The summed E-state index contributed by atoms with van der Waals surface area (Å²) >= 11 is 0. The Morgan fingerprint density at radius 1 is 1.43 bits per heavy atom. The molecule has 2 saturated heterocycles. The summed E-state index contributed by atoms with van der Waals surface area (Å²) in [5, 5.41) is 0. The maximum absolute atomic E-state index is 6.07. The second-order valence-corrected chi connectivity index (χ2v) is 6.57. The van der Waals surface area contributed by atoms with E-state index in [1.165, 1.54) is 6.42 Å². The Balaban J connectivity index is 1.42. The second-order valence-electron chi connectivity index (χ2n) is 6.57. The summed E-state index contributed by atoms with van der Waals surface area (Å²) in [5.74, 6) is 1.32. The Kier molecular flexibility index (Phi) is 4.40. The van der Waals surface area contributed by atoms with E-state index >= 15 is 0 Å². The molecule has 116 valence electrons. The van der Waals surface area contributed by atoms with Crippen molar-refractivity contribution in [1.82, 2.24) is 14.9 Å². The molecular formula is C16H25N3O2. The lowest BCUT2D eigenvalue weighted by Crippen LogP contribution is -2.66. The Labute approximate surface area is 126 Å². The molecule has 3 rings (SSSR count). The minimum atomic E-state index is 0.125. The van der Waals surface area contributed by atoms with E-state index in [1.54, 1.807) is 18.6 Å². The van der Waals surface area contributed by atoms with Crippen LogP contribution < -0.4 is 4.74 Å². The van der Waals surface area contributed by atoms with Gasteiger partial charge in [0.1, 0.15) is 0 Å². The van der Waals surface area contributed by atoms with Crippen molar-refractivity contribution in [2.45, 2.75) is 44.8 Å². The van der Waals surface area contributed by atoms with Crippen LogP contribution >= 0.6 is 0 Å². The Morgan fingerprint density at radius 2 is 2.29 bits per heavy atom. The molecule has 1 spiro atoms. The highest BCUT2D eigenvalue weighted by molar-refractivity contribution is 5.02. The average Bonchev–Trinajstić information content (AvgIpc) is 2.46. The van der Waals surface area contributed by atoms with E-state index < -0.39 is 0 Å². The molecule has 21 heavy (non-hydrogen) atoms. The van der Waals surface area contributed by atoms with Gasteiger partial charge in [-0.15, -0.1) is 0 Å². The van der Waals surface area contributed by atoms with Gasteiger partial charge in [0.15, 0.2) is 0 Å². The third-order valence-corrected chi connectivity index (χ3v) is 4.62. The molecule has 3 heterocycles. The van der Waals surface area contributed by atoms with Gasteiger partial charge in [-0.2, -0.15) is 0 Å². The van der Waals surface area contributed by atoms with Crippen LogP contribution in [0.15, 0.2) is 18.6 Å². The van der Waals surface area contributed by atoms with Crippen LogP contribution in [0.4, 0.5) is 0 Å². The number of aromatic nitrogens is 2. The number of ether oxygens (including phenoxy) is 2. The van der Waals surface area contributed by atoms with Crippen molar-refractivity contribution in [3.05, 3.63) is 18.6 Å². The maximum atomic E-state index is 6.07. The third-order valence-electron chi connectivity index (χ3n) is 4.62. The first-order chi connectivity index (χ1) is 10.2. The van der Waals surface area contributed by atoms with E-state index in [0.717, 1.165) is 32.5 Å². The van der Waals surface area contributed by atoms with E-state index in [1.807, 2.05) is 0 Å². The lowest BCUT2D eigenvalue weighted by Gasteiger charge is -2.55. The minimum Gasteiger partial charge on any atom is -0.477 e. The van der Waals surface area contributed by atoms with E-state index in [2.05, 4.69) is 28.7 Å². The molecular weight excluding hydrogens is 266 g/mol. The molecule has 5 heteroatoms. The molecule has 0 aromatic carbocycles. The normalized spacial score (nSPS) is 25.0. The first-order valence-corrected chi connectivity index (χ1v) is 7.94. The van der Waals surface area contributed by atoms with Gasteiger partial charge in [0, 0.05) is 38.1 Å². The zero-order valence-electron chi connectivity index (χ0n) is 13.0. The van der Waals surface area contributed by atoms with Gasteiger partial charge in [0.2, 0.25) is 5.88 Å². The van der Waals surface area contributed by atoms with Gasteiger partial charge >= 0.3 is 0 Å². The molecule has 0 aliphatic carbocycles. The Hall–Kier alpha value is -1.20. The van der Waals surface area contributed by atoms with Gasteiger partial charge in [0.05, 0.1) is 18.4 Å². The van der Waals surface area contributed by atoms with Gasteiger partial charge < -0.3 is 9.47 Å². The van der Waals surface area contributed by atoms with Crippen LogP contribution in [0.5, 0.6) is 5.88 Å². The van der Waals surface area contributed by atoms with Crippen LogP contribution in [0.2, 0.25) is 0 Å². The van der Waals surface area contributed by atoms with Crippen molar-refractivity contribution < 1.29 is 9.47 Å². The molecule has 1 aromatic heterocycles.